The quantitative estimate of drug-likeness (QED) is 0.796. The van der Waals surface area contributed by atoms with Gasteiger partial charge in [0.25, 0.3) is 0 Å². The van der Waals surface area contributed by atoms with Gasteiger partial charge in [0.05, 0.1) is 11.6 Å². The number of hydrogen-bond acceptors (Lipinski definition) is 6. The molecule has 0 aliphatic rings. The first kappa shape index (κ1) is 19.1. The number of halogens is 1. The van der Waals surface area contributed by atoms with Crippen molar-refractivity contribution in [2.45, 2.75) is 26.8 Å². The van der Waals surface area contributed by atoms with E-state index in [1.807, 2.05) is 32.0 Å². The van der Waals surface area contributed by atoms with Crippen LogP contribution in [0.5, 0.6) is 0 Å². The summed E-state index contributed by atoms with van der Waals surface area (Å²) in [7, 11) is 0. The van der Waals surface area contributed by atoms with E-state index in [4.69, 9.17) is 16.3 Å². The van der Waals surface area contributed by atoms with Crippen molar-refractivity contribution >= 4 is 40.1 Å². The molecule has 1 aromatic carbocycles. The molecular weight excluding hydrogens is 364 g/mol. The summed E-state index contributed by atoms with van der Waals surface area (Å²) in [5.74, 6) is -0.509. The monoisotopic (exact) mass is 382 g/mol. The van der Waals surface area contributed by atoms with Crippen LogP contribution < -0.4 is 10.6 Å². The Labute approximate surface area is 154 Å². The molecule has 0 bridgehead atoms. The number of nitrogens with zero attached hydrogens (tertiary/aromatic N) is 2. The predicted octanol–water partition coefficient (Wildman–Crippen LogP) is 3.57. The highest BCUT2D eigenvalue weighted by Crippen LogP contribution is 2.31. The molecule has 134 valence electrons. The van der Waals surface area contributed by atoms with Gasteiger partial charge in [-0.3, -0.25) is 10.1 Å². The van der Waals surface area contributed by atoms with Gasteiger partial charge in [0.1, 0.15) is 6.04 Å². The van der Waals surface area contributed by atoms with Gasteiger partial charge >= 0.3 is 6.09 Å². The summed E-state index contributed by atoms with van der Waals surface area (Å²) in [4.78, 5) is 24.0. The summed E-state index contributed by atoms with van der Waals surface area (Å²) in [6.07, 6.45) is -0.634. The molecule has 0 aliphatic heterocycles. The minimum Gasteiger partial charge on any atom is -0.450 e. The summed E-state index contributed by atoms with van der Waals surface area (Å²) in [5.41, 5.74) is 0.743. The zero-order chi connectivity index (χ0) is 18.4. The number of carbonyl (C=O) groups excluding carboxylic acids is 2. The van der Waals surface area contributed by atoms with E-state index in [9.17, 15) is 9.59 Å². The lowest BCUT2D eigenvalue weighted by molar-refractivity contribution is -0.119. The van der Waals surface area contributed by atoms with Gasteiger partial charge in [-0.15, -0.1) is 10.2 Å². The van der Waals surface area contributed by atoms with Gasteiger partial charge in [0.2, 0.25) is 11.0 Å². The molecule has 0 saturated carbocycles. The van der Waals surface area contributed by atoms with Crippen LogP contribution in [0, 0.1) is 5.92 Å². The average Bonchev–Trinajstić information content (AvgIpc) is 3.01. The standard InChI is InChI=1S/C16H19ClN4O3S/c1-4-24-16(23)18-12(9(2)3)13(22)19-15-21-20-14(25-15)10-7-5-6-8-11(10)17/h5-9,12H,4H2,1-3H3,(H,18,23)(H,19,21,22). The maximum atomic E-state index is 12.4. The molecule has 0 fully saturated rings. The highest BCUT2D eigenvalue weighted by molar-refractivity contribution is 7.18. The zero-order valence-corrected chi connectivity index (χ0v) is 15.6. The Balaban J connectivity index is 2.09. The van der Waals surface area contributed by atoms with E-state index in [0.29, 0.717) is 15.2 Å². The predicted molar refractivity (Wildman–Crippen MR) is 97.8 cm³/mol. The maximum absolute atomic E-state index is 12.4. The van der Waals surface area contributed by atoms with Crippen LogP contribution in [0.15, 0.2) is 24.3 Å². The minimum absolute atomic E-state index is 0.125. The van der Waals surface area contributed by atoms with E-state index in [1.54, 1.807) is 13.0 Å². The number of nitrogens with one attached hydrogen (secondary N) is 2. The zero-order valence-electron chi connectivity index (χ0n) is 14.1. The van der Waals surface area contributed by atoms with E-state index in [1.165, 1.54) is 11.3 Å². The van der Waals surface area contributed by atoms with Gasteiger partial charge in [0.15, 0.2) is 5.01 Å². The van der Waals surface area contributed by atoms with Crippen LogP contribution in [0.4, 0.5) is 9.93 Å². The van der Waals surface area contributed by atoms with Gasteiger partial charge in [-0.05, 0) is 18.9 Å². The van der Waals surface area contributed by atoms with Gasteiger partial charge in [-0.2, -0.15) is 0 Å². The molecule has 1 atom stereocenters. The maximum Gasteiger partial charge on any atom is 0.407 e. The van der Waals surface area contributed by atoms with Crippen molar-refractivity contribution in [2.24, 2.45) is 5.92 Å². The van der Waals surface area contributed by atoms with Crippen molar-refractivity contribution in [3.05, 3.63) is 29.3 Å². The van der Waals surface area contributed by atoms with Crippen molar-refractivity contribution in [3.8, 4) is 10.6 Å². The Kier molecular flexibility index (Phi) is 6.72. The van der Waals surface area contributed by atoms with Crippen LogP contribution >= 0.6 is 22.9 Å². The number of alkyl carbamates (subject to hydrolysis) is 1. The summed E-state index contributed by atoms with van der Waals surface area (Å²) >= 11 is 7.35. The van der Waals surface area contributed by atoms with Crippen LogP contribution in [-0.4, -0.2) is 34.8 Å². The Morgan fingerprint density at radius 1 is 1.28 bits per heavy atom. The third-order valence-corrected chi connectivity index (χ3v) is 4.46. The highest BCUT2D eigenvalue weighted by atomic mass is 35.5. The molecule has 25 heavy (non-hydrogen) atoms. The van der Waals surface area contributed by atoms with Crippen molar-refractivity contribution in [2.75, 3.05) is 11.9 Å². The average molecular weight is 383 g/mol. The summed E-state index contributed by atoms with van der Waals surface area (Å²) in [5, 5.41) is 14.7. The second-order valence-corrected chi connectivity index (χ2v) is 6.85. The molecular formula is C16H19ClN4O3S. The number of benzene rings is 1. The third kappa shape index (κ3) is 5.14. The molecule has 0 radical (unpaired) electrons. The molecule has 2 rings (SSSR count). The lowest BCUT2D eigenvalue weighted by Crippen LogP contribution is -2.47. The van der Waals surface area contributed by atoms with Crippen LogP contribution in [-0.2, 0) is 9.53 Å². The van der Waals surface area contributed by atoms with Crippen molar-refractivity contribution < 1.29 is 14.3 Å². The van der Waals surface area contributed by atoms with Crippen LogP contribution in [0.25, 0.3) is 10.6 Å². The number of hydrogen-bond donors (Lipinski definition) is 2. The van der Waals surface area contributed by atoms with Crippen molar-refractivity contribution in [1.29, 1.82) is 0 Å². The van der Waals surface area contributed by atoms with Crippen molar-refractivity contribution in [1.82, 2.24) is 15.5 Å². The second-order valence-electron chi connectivity index (χ2n) is 5.47. The van der Waals surface area contributed by atoms with Gasteiger partial charge in [-0.25, -0.2) is 4.79 Å². The molecule has 1 unspecified atom stereocenters. The Hall–Kier alpha value is -2.19. The Morgan fingerprint density at radius 2 is 2.00 bits per heavy atom. The number of aromatic nitrogens is 2. The first-order valence-corrected chi connectivity index (χ1v) is 8.94. The van der Waals surface area contributed by atoms with Gasteiger partial charge in [0, 0.05) is 5.56 Å². The summed E-state index contributed by atoms with van der Waals surface area (Å²) < 4.78 is 4.83. The van der Waals surface area contributed by atoms with E-state index >= 15 is 0 Å². The number of amides is 2. The van der Waals surface area contributed by atoms with Crippen molar-refractivity contribution in [3.63, 3.8) is 0 Å². The van der Waals surface area contributed by atoms with Gasteiger partial charge < -0.3 is 10.1 Å². The van der Waals surface area contributed by atoms with E-state index in [0.717, 1.165) is 5.56 Å². The van der Waals surface area contributed by atoms with Crippen LogP contribution in [0.2, 0.25) is 5.02 Å². The summed E-state index contributed by atoms with van der Waals surface area (Å²) in [6, 6.07) is 6.51. The Morgan fingerprint density at radius 3 is 2.64 bits per heavy atom. The molecule has 0 aliphatic carbocycles. The fraction of sp³-hybridized carbons (Fsp3) is 0.375. The number of ether oxygens (including phenoxy) is 1. The summed E-state index contributed by atoms with van der Waals surface area (Å²) in [6.45, 7) is 5.58. The fourth-order valence-corrected chi connectivity index (χ4v) is 3.10. The first-order chi connectivity index (χ1) is 11.9. The molecule has 2 N–H and O–H groups in total. The van der Waals surface area contributed by atoms with E-state index in [-0.39, 0.29) is 18.4 Å². The molecule has 2 aromatic rings. The lowest BCUT2D eigenvalue weighted by Gasteiger charge is -2.20. The molecule has 2 amide bonds. The second kappa shape index (κ2) is 8.77. The smallest absolute Gasteiger partial charge is 0.407 e. The molecule has 9 heteroatoms. The molecule has 7 nitrogen and oxygen atoms in total. The number of carbonyl (C=O) groups is 2. The lowest BCUT2D eigenvalue weighted by atomic mass is 10.0. The molecule has 0 saturated heterocycles. The van der Waals surface area contributed by atoms with Crippen LogP contribution in [0.3, 0.4) is 0 Å². The normalized spacial score (nSPS) is 11.9. The Bertz CT molecular complexity index is 750. The molecule has 0 spiro atoms. The number of rotatable bonds is 6. The number of anilines is 1. The third-order valence-electron chi connectivity index (χ3n) is 3.26. The minimum atomic E-state index is -0.744. The van der Waals surface area contributed by atoms with E-state index in [2.05, 4.69) is 20.8 Å². The molecule has 1 aromatic heterocycles. The van der Waals surface area contributed by atoms with Gasteiger partial charge in [-0.1, -0.05) is 55.0 Å². The highest BCUT2D eigenvalue weighted by Gasteiger charge is 2.26. The largest absolute Gasteiger partial charge is 0.450 e. The van der Waals surface area contributed by atoms with E-state index < -0.39 is 12.1 Å². The first-order valence-electron chi connectivity index (χ1n) is 7.75. The van der Waals surface area contributed by atoms with Crippen LogP contribution in [0.1, 0.15) is 20.8 Å². The SMILES string of the molecule is CCOC(=O)NC(C(=O)Nc1nnc(-c2ccccc2Cl)s1)C(C)C. The topological polar surface area (TPSA) is 93.2 Å². The molecule has 1 heterocycles. The fourth-order valence-electron chi connectivity index (χ4n) is 2.04.